The molecule has 0 aromatic carbocycles. The largest absolute Gasteiger partial charge is 0.381 e. The third-order valence-corrected chi connectivity index (χ3v) is 5.61. The van der Waals surface area contributed by atoms with Gasteiger partial charge in [-0.25, -0.2) is 0 Å². The highest BCUT2D eigenvalue weighted by atomic mass is 16.5. The van der Waals surface area contributed by atoms with E-state index in [0.29, 0.717) is 5.41 Å². The molecule has 1 saturated heterocycles. The highest BCUT2D eigenvalue weighted by molar-refractivity contribution is 4.86. The predicted octanol–water partition coefficient (Wildman–Crippen LogP) is 4.66. The summed E-state index contributed by atoms with van der Waals surface area (Å²) in [5.41, 5.74) is 0.576. The van der Waals surface area contributed by atoms with E-state index in [0.717, 1.165) is 31.0 Å². The summed E-state index contributed by atoms with van der Waals surface area (Å²) in [6.45, 7) is 9.38. The minimum Gasteiger partial charge on any atom is -0.381 e. The van der Waals surface area contributed by atoms with E-state index in [4.69, 9.17) is 4.74 Å². The van der Waals surface area contributed by atoms with Crippen LogP contribution >= 0.6 is 0 Å². The standard InChI is InChI=1S/C16H30O/c1-4-16(3,15-8-11-17-12-9-15)10-7-13(2)14-5-6-14/h13-15H,4-12H2,1-3H3. The second kappa shape index (κ2) is 5.73. The van der Waals surface area contributed by atoms with Crippen LogP contribution in [0, 0.1) is 23.2 Å². The van der Waals surface area contributed by atoms with Crippen molar-refractivity contribution >= 4 is 0 Å². The average Bonchev–Trinajstić information content (AvgIpc) is 3.21. The minimum atomic E-state index is 0.576. The first-order valence-electron chi connectivity index (χ1n) is 7.73. The van der Waals surface area contributed by atoms with E-state index in [-0.39, 0.29) is 0 Å². The number of hydrogen-bond acceptors (Lipinski definition) is 1. The maximum atomic E-state index is 5.51. The summed E-state index contributed by atoms with van der Waals surface area (Å²) in [6, 6.07) is 0. The number of ether oxygens (including phenoxy) is 1. The van der Waals surface area contributed by atoms with Gasteiger partial charge in [-0.2, -0.15) is 0 Å². The van der Waals surface area contributed by atoms with Gasteiger partial charge in [-0.3, -0.25) is 0 Å². The van der Waals surface area contributed by atoms with Crippen LogP contribution in [0.1, 0.15) is 65.7 Å². The second-order valence-corrected chi connectivity index (χ2v) is 6.75. The zero-order chi connectivity index (χ0) is 12.3. The van der Waals surface area contributed by atoms with Crippen LogP contribution in [-0.4, -0.2) is 13.2 Å². The van der Waals surface area contributed by atoms with E-state index < -0.39 is 0 Å². The maximum absolute atomic E-state index is 5.51. The molecule has 2 atom stereocenters. The SMILES string of the molecule is CCC(C)(CCC(C)C1CC1)C1CCOCC1. The smallest absolute Gasteiger partial charge is 0.0468 e. The van der Waals surface area contributed by atoms with Crippen molar-refractivity contribution in [3.05, 3.63) is 0 Å². The molecule has 1 aliphatic carbocycles. The van der Waals surface area contributed by atoms with Gasteiger partial charge in [-0.1, -0.05) is 27.2 Å². The molecule has 2 rings (SSSR count). The van der Waals surface area contributed by atoms with Crippen molar-refractivity contribution in [3.8, 4) is 0 Å². The first kappa shape index (κ1) is 13.4. The van der Waals surface area contributed by atoms with Crippen LogP contribution < -0.4 is 0 Å². The molecule has 0 aromatic rings. The molecule has 0 N–H and O–H groups in total. The minimum absolute atomic E-state index is 0.576. The Hall–Kier alpha value is -0.0400. The molecule has 100 valence electrons. The van der Waals surface area contributed by atoms with E-state index in [1.165, 1.54) is 44.9 Å². The third kappa shape index (κ3) is 3.47. The highest BCUT2D eigenvalue weighted by Crippen LogP contribution is 2.45. The Morgan fingerprint density at radius 3 is 2.35 bits per heavy atom. The van der Waals surface area contributed by atoms with Crippen LogP contribution in [0.25, 0.3) is 0 Å². The maximum Gasteiger partial charge on any atom is 0.0468 e. The number of rotatable bonds is 6. The van der Waals surface area contributed by atoms with Crippen LogP contribution in [0.3, 0.4) is 0 Å². The van der Waals surface area contributed by atoms with Crippen molar-refractivity contribution in [1.82, 2.24) is 0 Å². The van der Waals surface area contributed by atoms with Crippen LogP contribution in [-0.2, 0) is 4.74 Å². The van der Waals surface area contributed by atoms with Crippen LogP contribution in [0.15, 0.2) is 0 Å². The Balaban J connectivity index is 1.83. The molecule has 0 radical (unpaired) electrons. The van der Waals surface area contributed by atoms with Gasteiger partial charge in [0.15, 0.2) is 0 Å². The molecule has 2 fully saturated rings. The summed E-state index contributed by atoms with van der Waals surface area (Å²) < 4.78 is 5.51. The summed E-state index contributed by atoms with van der Waals surface area (Å²) in [7, 11) is 0. The molecule has 0 spiro atoms. The average molecular weight is 238 g/mol. The lowest BCUT2D eigenvalue weighted by atomic mass is 9.68. The quantitative estimate of drug-likeness (QED) is 0.654. The van der Waals surface area contributed by atoms with Gasteiger partial charge in [0.1, 0.15) is 0 Å². The van der Waals surface area contributed by atoms with Gasteiger partial charge in [-0.05, 0) is 61.7 Å². The monoisotopic (exact) mass is 238 g/mol. The van der Waals surface area contributed by atoms with Crippen LogP contribution in [0.5, 0.6) is 0 Å². The summed E-state index contributed by atoms with van der Waals surface area (Å²) in [4.78, 5) is 0. The Kier molecular flexibility index (Phi) is 4.52. The molecular weight excluding hydrogens is 208 g/mol. The molecule has 1 heteroatoms. The van der Waals surface area contributed by atoms with Crippen molar-refractivity contribution in [2.24, 2.45) is 23.2 Å². The van der Waals surface area contributed by atoms with E-state index in [9.17, 15) is 0 Å². The van der Waals surface area contributed by atoms with Gasteiger partial charge in [0, 0.05) is 13.2 Å². The van der Waals surface area contributed by atoms with Crippen LogP contribution in [0.2, 0.25) is 0 Å². The summed E-state index contributed by atoms with van der Waals surface area (Å²) in [5, 5.41) is 0. The lowest BCUT2D eigenvalue weighted by Crippen LogP contribution is -2.32. The fourth-order valence-electron chi connectivity index (χ4n) is 3.52. The molecule has 1 heterocycles. The molecular formula is C16H30O. The van der Waals surface area contributed by atoms with Crippen molar-refractivity contribution < 1.29 is 4.74 Å². The lowest BCUT2D eigenvalue weighted by Gasteiger charge is -2.40. The summed E-state index contributed by atoms with van der Waals surface area (Å²) >= 11 is 0. The lowest BCUT2D eigenvalue weighted by molar-refractivity contribution is 0.00852. The van der Waals surface area contributed by atoms with Gasteiger partial charge >= 0.3 is 0 Å². The van der Waals surface area contributed by atoms with Crippen molar-refractivity contribution in [2.75, 3.05) is 13.2 Å². The Bertz CT molecular complexity index is 228. The topological polar surface area (TPSA) is 9.23 Å². The molecule has 0 aromatic heterocycles. The van der Waals surface area contributed by atoms with Gasteiger partial charge in [0.25, 0.3) is 0 Å². The van der Waals surface area contributed by atoms with Crippen LogP contribution in [0.4, 0.5) is 0 Å². The zero-order valence-electron chi connectivity index (χ0n) is 12.0. The van der Waals surface area contributed by atoms with E-state index in [1.54, 1.807) is 0 Å². The fraction of sp³-hybridized carbons (Fsp3) is 1.00. The van der Waals surface area contributed by atoms with Crippen molar-refractivity contribution in [2.45, 2.75) is 65.7 Å². The molecule has 2 unspecified atom stereocenters. The van der Waals surface area contributed by atoms with Gasteiger partial charge < -0.3 is 4.74 Å². The van der Waals surface area contributed by atoms with Crippen molar-refractivity contribution in [3.63, 3.8) is 0 Å². The summed E-state index contributed by atoms with van der Waals surface area (Å²) in [5.74, 6) is 2.96. The zero-order valence-corrected chi connectivity index (χ0v) is 12.0. The van der Waals surface area contributed by atoms with Gasteiger partial charge in [-0.15, -0.1) is 0 Å². The Morgan fingerprint density at radius 2 is 1.82 bits per heavy atom. The number of hydrogen-bond donors (Lipinski definition) is 0. The molecule has 1 aliphatic heterocycles. The van der Waals surface area contributed by atoms with Gasteiger partial charge in [0.05, 0.1) is 0 Å². The molecule has 1 nitrogen and oxygen atoms in total. The molecule has 0 bridgehead atoms. The Labute approximate surface area is 107 Å². The second-order valence-electron chi connectivity index (χ2n) is 6.75. The first-order chi connectivity index (χ1) is 8.15. The first-order valence-corrected chi connectivity index (χ1v) is 7.73. The van der Waals surface area contributed by atoms with Crippen molar-refractivity contribution in [1.29, 1.82) is 0 Å². The molecule has 1 saturated carbocycles. The molecule has 0 amide bonds. The van der Waals surface area contributed by atoms with Gasteiger partial charge in [0.2, 0.25) is 0 Å². The molecule has 2 aliphatic rings. The normalized spacial score (nSPS) is 27.7. The van der Waals surface area contributed by atoms with E-state index in [1.807, 2.05) is 0 Å². The predicted molar refractivity (Wildman–Crippen MR) is 73.1 cm³/mol. The molecule has 17 heavy (non-hydrogen) atoms. The third-order valence-electron chi connectivity index (χ3n) is 5.61. The Morgan fingerprint density at radius 1 is 1.18 bits per heavy atom. The summed E-state index contributed by atoms with van der Waals surface area (Å²) in [6.07, 6.45) is 9.82. The fourth-order valence-corrected chi connectivity index (χ4v) is 3.52. The highest BCUT2D eigenvalue weighted by Gasteiger charge is 2.35. The van der Waals surface area contributed by atoms with E-state index in [2.05, 4.69) is 20.8 Å². The van der Waals surface area contributed by atoms with E-state index >= 15 is 0 Å².